The van der Waals surface area contributed by atoms with E-state index in [1.54, 1.807) is 0 Å². The number of hydrogen-bond acceptors (Lipinski definition) is 3. The third-order valence-corrected chi connectivity index (χ3v) is 5.87. The predicted molar refractivity (Wildman–Crippen MR) is 110 cm³/mol. The van der Waals surface area contributed by atoms with Gasteiger partial charge < -0.3 is 15.5 Å². The van der Waals surface area contributed by atoms with Gasteiger partial charge in [-0.15, -0.1) is 0 Å². The van der Waals surface area contributed by atoms with Crippen LogP contribution in [0.25, 0.3) is 0 Å². The summed E-state index contributed by atoms with van der Waals surface area (Å²) in [5.74, 6) is -0.707. The highest BCUT2D eigenvalue weighted by Crippen LogP contribution is 2.41. The maximum Gasteiger partial charge on any atom is 0.303 e. The van der Waals surface area contributed by atoms with Gasteiger partial charge in [-0.3, -0.25) is 9.59 Å². The number of carboxylic acids is 1. The molecule has 28 heavy (non-hydrogen) atoms. The van der Waals surface area contributed by atoms with Gasteiger partial charge in [-0.2, -0.15) is 0 Å². The van der Waals surface area contributed by atoms with E-state index < -0.39 is 11.4 Å². The second-order valence-electron chi connectivity index (χ2n) is 9.59. The third kappa shape index (κ3) is 7.27. The Kier molecular flexibility index (Phi) is 7.64. The number of hydrogen-bond donors (Lipinski definition) is 3. The van der Waals surface area contributed by atoms with Gasteiger partial charge in [0.25, 0.3) is 0 Å². The summed E-state index contributed by atoms with van der Waals surface area (Å²) in [6, 6.07) is 10.3. The SMILES string of the molecule is CC(C)(CC(=O)O)CC(=O)NC[C@]1(C)CCC[C@@H](O)C[C@H](c2ccccc2)C1. The summed E-state index contributed by atoms with van der Waals surface area (Å²) >= 11 is 0. The lowest BCUT2D eigenvalue weighted by Gasteiger charge is -2.37. The lowest BCUT2D eigenvalue weighted by Crippen LogP contribution is -2.39. The van der Waals surface area contributed by atoms with E-state index in [1.807, 2.05) is 32.0 Å². The van der Waals surface area contributed by atoms with Crippen molar-refractivity contribution in [1.82, 2.24) is 5.32 Å². The molecule has 1 aliphatic carbocycles. The molecule has 1 aromatic rings. The van der Waals surface area contributed by atoms with Gasteiger partial charge in [0.2, 0.25) is 5.91 Å². The fraction of sp³-hybridized carbons (Fsp3) is 0.652. The van der Waals surface area contributed by atoms with Gasteiger partial charge in [0.15, 0.2) is 0 Å². The summed E-state index contributed by atoms with van der Waals surface area (Å²) in [4.78, 5) is 23.4. The molecular formula is C23H35NO4. The molecule has 0 heterocycles. The molecule has 0 unspecified atom stereocenters. The topological polar surface area (TPSA) is 86.6 Å². The van der Waals surface area contributed by atoms with Gasteiger partial charge in [-0.25, -0.2) is 0 Å². The molecule has 1 aromatic carbocycles. The van der Waals surface area contributed by atoms with Crippen molar-refractivity contribution in [1.29, 1.82) is 0 Å². The van der Waals surface area contributed by atoms with Crippen molar-refractivity contribution in [2.24, 2.45) is 10.8 Å². The van der Waals surface area contributed by atoms with Crippen LogP contribution in [-0.2, 0) is 9.59 Å². The van der Waals surface area contributed by atoms with Gasteiger partial charge >= 0.3 is 5.97 Å². The van der Waals surface area contributed by atoms with Crippen molar-refractivity contribution < 1.29 is 19.8 Å². The molecule has 3 N–H and O–H groups in total. The quantitative estimate of drug-likeness (QED) is 0.655. The fourth-order valence-electron chi connectivity index (χ4n) is 4.41. The van der Waals surface area contributed by atoms with Gasteiger partial charge in [0.1, 0.15) is 0 Å². The average molecular weight is 390 g/mol. The second-order valence-corrected chi connectivity index (χ2v) is 9.59. The number of aliphatic hydroxyl groups excluding tert-OH is 1. The maximum absolute atomic E-state index is 12.4. The number of benzene rings is 1. The standard InChI is InChI=1S/C23H35NO4/c1-22(2,15-21(27)28)14-20(26)24-16-23(3)11-7-10-19(25)12-18(13-23)17-8-5-4-6-9-17/h4-6,8-9,18-19,25H,7,10-16H2,1-3H3,(H,24,26)(H,27,28)/t18-,19+,23+/m0/s1. The van der Waals surface area contributed by atoms with Gasteiger partial charge in [0, 0.05) is 13.0 Å². The van der Waals surface area contributed by atoms with E-state index in [4.69, 9.17) is 5.11 Å². The normalized spacial score (nSPS) is 26.1. The highest BCUT2D eigenvalue weighted by Gasteiger charge is 2.33. The molecule has 5 nitrogen and oxygen atoms in total. The molecule has 1 fully saturated rings. The van der Waals surface area contributed by atoms with Crippen LogP contribution in [0, 0.1) is 10.8 Å². The van der Waals surface area contributed by atoms with Crippen LogP contribution in [0.2, 0.25) is 0 Å². The molecule has 5 heteroatoms. The second kappa shape index (κ2) is 9.55. The summed E-state index contributed by atoms with van der Waals surface area (Å²) in [6.07, 6.45) is 4.25. The number of aliphatic hydroxyl groups is 1. The van der Waals surface area contributed by atoms with E-state index in [0.29, 0.717) is 6.54 Å². The molecule has 0 aliphatic heterocycles. The van der Waals surface area contributed by atoms with Crippen LogP contribution in [0.4, 0.5) is 0 Å². The van der Waals surface area contributed by atoms with Crippen molar-refractivity contribution in [3.05, 3.63) is 35.9 Å². The van der Waals surface area contributed by atoms with Crippen molar-refractivity contribution in [3.63, 3.8) is 0 Å². The van der Waals surface area contributed by atoms with Crippen LogP contribution in [0.3, 0.4) is 0 Å². The van der Waals surface area contributed by atoms with E-state index in [9.17, 15) is 14.7 Å². The van der Waals surface area contributed by atoms with E-state index in [1.165, 1.54) is 5.56 Å². The number of amides is 1. The first kappa shape index (κ1) is 22.4. The Morgan fingerprint density at radius 3 is 2.54 bits per heavy atom. The molecule has 3 atom stereocenters. The summed E-state index contributed by atoms with van der Waals surface area (Å²) in [7, 11) is 0. The third-order valence-electron chi connectivity index (χ3n) is 5.87. The molecule has 156 valence electrons. The predicted octanol–water partition coefficient (Wildman–Crippen LogP) is 4.11. The van der Waals surface area contributed by atoms with Crippen LogP contribution in [0.15, 0.2) is 30.3 Å². The lowest BCUT2D eigenvalue weighted by atomic mass is 9.71. The van der Waals surface area contributed by atoms with Crippen molar-refractivity contribution in [2.45, 2.75) is 77.7 Å². The van der Waals surface area contributed by atoms with Crippen LogP contribution < -0.4 is 5.32 Å². The van der Waals surface area contributed by atoms with Gasteiger partial charge in [-0.1, -0.05) is 57.5 Å². The Hall–Kier alpha value is -1.88. The van der Waals surface area contributed by atoms with E-state index in [2.05, 4.69) is 24.4 Å². The molecule has 1 aliphatic rings. The van der Waals surface area contributed by atoms with Gasteiger partial charge in [0.05, 0.1) is 12.5 Å². The summed E-state index contributed by atoms with van der Waals surface area (Å²) in [6.45, 7) is 6.41. The Morgan fingerprint density at radius 1 is 1.21 bits per heavy atom. The zero-order valence-corrected chi connectivity index (χ0v) is 17.4. The van der Waals surface area contributed by atoms with E-state index in [0.717, 1.165) is 32.1 Å². The first-order valence-electron chi connectivity index (χ1n) is 10.3. The molecule has 0 aromatic heterocycles. The molecule has 2 rings (SSSR count). The molecule has 0 radical (unpaired) electrons. The van der Waals surface area contributed by atoms with Crippen molar-refractivity contribution >= 4 is 11.9 Å². The van der Waals surface area contributed by atoms with Crippen LogP contribution in [0.1, 0.15) is 77.2 Å². The first-order valence-corrected chi connectivity index (χ1v) is 10.3. The largest absolute Gasteiger partial charge is 0.481 e. The Balaban J connectivity index is 2.01. The van der Waals surface area contributed by atoms with Gasteiger partial charge in [-0.05, 0) is 48.0 Å². The minimum absolute atomic E-state index is 0.0222. The highest BCUT2D eigenvalue weighted by atomic mass is 16.4. The Morgan fingerprint density at radius 2 is 1.89 bits per heavy atom. The molecule has 1 amide bonds. The average Bonchev–Trinajstić information content (AvgIpc) is 2.57. The zero-order chi connectivity index (χ0) is 20.8. The molecule has 0 spiro atoms. The monoisotopic (exact) mass is 389 g/mol. The number of carbonyl (C=O) groups excluding carboxylic acids is 1. The number of nitrogens with one attached hydrogen (secondary N) is 1. The van der Waals surface area contributed by atoms with E-state index >= 15 is 0 Å². The fourth-order valence-corrected chi connectivity index (χ4v) is 4.41. The number of rotatable bonds is 7. The minimum atomic E-state index is -0.881. The van der Waals surface area contributed by atoms with Crippen molar-refractivity contribution in [2.75, 3.05) is 6.54 Å². The number of carboxylic acid groups (broad SMARTS) is 1. The smallest absolute Gasteiger partial charge is 0.303 e. The number of carbonyl (C=O) groups is 2. The molecule has 0 bridgehead atoms. The molecular weight excluding hydrogens is 354 g/mol. The minimum Gasteiger partial charge on any atom is -0.481 e. The van der Waals surface area contributed by atoms with Crippen LogP contribution in [0.5, 0.6) is 0 Å². The molecule has 1 saturated carbocycles. The molecule has 0 saturated heterocycles. The summed E-state index contributed by atoms with van der Waals surface area (Å²) in [5.41, 5.74) is 0.630. The lowest BCUT2D eigenvalue weighted by molar-refractivity contribution is -0.139. The Bertz CT molecular complexity index is 658. The first-order chi connectivity index (χ1) is 13.1. The van der Waals surface area contributed by atoms with Crippen LogP contribution >= 0.6 is 0 Å². The zero-order valence-electron chi connectivity index (χ0n) is 17.4. The van der Waals surface area contributed by atoms with Crippen LogP contribution in [-0.4, -0.2) is 34.7 Å². The summed E-state index contributed by atoms with van der Waals surface area (Å²) in [5, 5.41) is 22.4. The highest BCUT2D eigenvalue weighted by molar-refractivity contribution is 5.77. The van der Waals surface area contributed by atoms with Crippen molar-refractivity contribution in [3.8, 4) is 0 Å². The Labute approximate surface area is 168 Å². The summed E-state index contributed by atoms with van der Waals surface area (Å²) < 4.78 is 0. The van der Waals surface area contributed by atoms with E-state index in [-0.39, 0.29) is 36.2 Å². The maximum atomic E-state index is 12.4. The number of aliphatic carboxylic acids is 1.